The van der Waals surface area contributed by atoms with Crippen molar-refractivity contribution in [3.8, 4) is 0 Å². The first-order chi connectivity index (χ1) is 9.72. The van der Waals surface area contributed by atoms with Crippen molar-refractivity contribution in [1.82, 2.24) is 0 Å². The summed E-state index contributed by atoms with van der Waals surface area (Å²) in [5.74, 6) is -1.01. The Labute approximate surface area is 135 Å². The molecule has 0 aliphatic rings. The summed E-state index contributed by atoms with van der Waals surface area (Å²) in [7, 11) is -4.14. The minimum absolute atomic E-state index is 0.0638. The zero-order valence-corrected chi connectivity index (χ0v) is 13.3. The van der Waals surface area contributed by atoms with E-state index in [1.165, 1.54) is 18.2 Å². The first kappa shape index (κ1) is 16.2. The van der Waals surface area contributed by atoms with Crippen LogP contribution in [0, 0.1) is 5.82 Å². The fourth-order valence-electron chi connectivity index (χ4n) is 1.53. The summed E-state index contributed by atoms with van der Waals surface area (Å²) in [5, 5.41) is -0.591. The molecule has 0 saturated heterocycles. The molecule has 0 aromatic heterocycles. The van der Waals surface area contributed by atoms with E-state index in [2.05, 4.69) is 4.72 Å². The molecule has 0 atom stereocenters. The molecule has 0 heterocycles. The Kier molecular flexibility index (Phi) is 4.53. The lowest BCUT2D eigenvalue weighted by atomic mass is 10.3. The van der Waals surface area contributed by atoms with Crippen LogP contribution in [0.5, 0.6) is 0 Å². The van der Waals surface area contributed by atoms with Gasteiger partial charge in [0.15, 0.2) is 5.82 Å². The molecular weight excluding hydrogens is 362 g/mol. The fourth-order valence-corrected chi connectivity index (χ4v) is 3.53. The number of benzene rings is 2. The summed E-state index contributed by atoms with van der Waals surface area (Å²) in [6.45, 7) is 0. The molecule has 0 aliphatic carbocycles. The molecule has 0 amide bonds. The van der Waals surface area contributed by atoms with E-state index in [0.717, 1.165) is 12.1 Å². The molecule has 4 nitrogen and oxygen atoms in total. The number of rotatable bonds is 3. The predicted molar refractivity (Wildman–Crippen MR) is 83.1 cm³/mol. The highest BCUT2D eigenvalue weighted by Gasteiger charge is 2.22. The third-order valence-corrected chi connectivity index (χ3v) is 4.97. The van der Waals surface area contributed by atoms with Gasteiger partial charge in [-0.3, -0.25) is 4.72 Å². The summed E-state index contributed by atoms with van der Waals surface area (Å²) >= 11 is 17.0. The molecular formula is C12H8Cl3FN2O2S. The van der Waals surface area contributed by atoms with Gasteiger partial charge in [0, 0.05) is 5.02 Å². The summed E-state index contributed by atoms with van der Waals surface area (Å²) < 4.78 is 40.3. The average Bonchev–Trinajstić information content (AvgIpc) is 2.39. The van der Waals surface area contributed by atoms with Crippen molar-refractivity contribution in [3.05, 3.63) is 51.2 Å². The van der Waals surface area contributed by atoms with Gasteiger partial charge < -0.3 is 5.73 Å². The van der Waals surface area contributed by atoms with Crippen molar-refractivity contribution in [1.29, 1.82) is 0 Å². The van der Waals surface area contributed by atoms with Gasteiger partial charge in [-0.15, -0.1) is 0 Å². The lowest BCUT2D eigenvalue weighted by Crippen LogP contribution is -2.15. The molecule has 0 radical (unpaired) electrons. The first-order valence-corrected chi connectivity index (χ1v) is 8.05. The maximum atomic E-state index is 13.6. The molecule has 0 bridgehead atoms. The number of nitrogens with one attached hydrogen (secondary N) is 1. The zero-order chi connectivity index (χ0) is 15.8. The fraction of sp³-hybridized carbons (Fsp3) is 0. The van der Waals surface area contributed by atoms with Crippen LogP contribution in [0.3, 0.4) is 0 Å². The van der Waals surface area contributed by atoms with Crippen LogP contribution in [0.1, 0.15) is 0 Å². The van der Waals surface area contributed by atoms with Gasteiger partial charge in [-0.05, 0) is 30.3 Å². The van der Waals surface area contributed by atoms with Crippen molar-refractivity contribution in [2.24, 2.45) is 0 Å². The Morgan fingerprint density at radius 1 is 1.10 bits per heavy atom. The van der Waals surface area contributed by atoms with Crippen LogP contribution in [-0.2, 0) is 10.0 Å². The number of nitrogens with two attached hydrogens (primary N) is 1. The number of hydrogen-bond donors (Lipinski definition) is 2. The highest BCUT2D eigenvalue weighted by atomic mass is 35.5. The molecule has 0 fully saturated rings. The SMILES string of the molecule is Nc1ccc(Cl)cc1NS(=O)(=O)c1ccc(Cl)c(F)c1Cl. The molecule has 2 aromatic carbocycles. The molecule has 2 aromatic rings. The maximum Gasteiger partial charge on any atom is 0.263 e. The third-order valence-electron chi connectivity index (χ3n) is 2.55. The van der Waals surface area contributed by atoms with Gasteiger partial charge in [-0.25, -0.2) is 12.8 Å². The van der Waals surface area contributed by atoms with Crippen molar-refractivity contribution in [2.45, 2.75) is 4.90 Å². The number of hydrogen-bond acceptors (Lipinski definition) is 3. The van der Waals surface area contributed by atoms with Crippen LogP contribution in [0.2, 0.25) is 15.1 Å². The van der Waals surface area contributed by atoms with Crippen LogP contribution in [-0.4, -0.2) is 8.42 Å². The number of sulfonamides is 1. The summed E-state index contributed by atoms with van der Waals surface area (Å²) in [5.41, 5.74) is 5.88. The van der Waals surface area contributed by atoms with E-state index in [1.54, 1.807) is 0 Å². The summed E-state index contributed by atoms with van der Waals surface area (Å²) in [6.07, 6.45) is 0. The highest BCUT2D eigenvalue weighted by Crippen LogP contribution is 2.32. The van der Waals surface area contributed by atoms with Crippen LogP contribution in [0.15, 0.2) is 35.2 Å². The molecule has 0 spiro atoms. The average molecular weight is 370 g/mol. The Bertz CT molecular complexity index is 812. The molecule has 21 heavy (non-hydrogen) atoms. The first-order valence-electron chi connectivity index (χ1n) is 5.43. The largest absolute Gasteiger partial charge is 0.397 e. The molecule has 0 unspecified atom stereocenters. The molecule has 112 valence electrons. The molecule has 0 aliphatic heterocycles. The van der Waals surface area contributed by atoms with E-state index in [-0.39, 0.29) is 21.4 Å². The predicted octanol–water partition coefficient (Wildman–Crippen LogP) is 4.17. The van der Waals surface area contributed by atoms with Gasteiger partial charge in [-0.1, -0.05) is 34.8 Å². The van der Waals surface area contributed by atoms with E-state index in [4.69, 9.17) is 40.5 Å². The Morgan fingerprint density at radius 3 is 2.43 bits per heavy atom. The van der Waals surface area contributed by atoms with Crippen molar-refractivity contribution in [2.75, 3.05) is 10.5 Å². The maximum absolute atomic E-state index is 13.6. The minimum atomic E-state index is -4.14. The van der Waals surface area contributed by atoms with Crippen LogP contribution in [0.4, 0.5) is 15.8 Å². The monoisotopic (exact) mass is 368 g/mol. The molecule has 2 rings (SSSR count). The topological polar surface area (TPSA) is 72.2 Å². The second-order valence-electron chi connectivity index (χ2n) is 4.01. The van der Waals surface area contributed by atoms with E-state index in [9.17, 15) is 12.8 Å². The number of nitrogen functional groups attached to an aromatic ring is 1. The van der Waals surface area contributed by atoms with Crippen LogP contribution in [0.25, 0.3) is 0 Å². The Balaban J connectivity index is 2.49. The van der Waals surface area contributed by atoms with E-state index < -0.39 is 25.8 Å². The smallest absolute Gasteiger partial charge is 0.263 e. The standard InChI is InChI=1S/C12H8Cl3FN2O2S/c13-6-1-3-8(17)9(5-6)18-21(19,20)10-4-2-7(14)12(16)11(10)15/h1-5,18H,17H2. The second-order valence-corrected chi connectivity index (χ2v) is 6.88. The van der Waals surface area contributed by atoms with Gasteiger partial charge >= 0.3 is 0 Å². The summed E-state index contributed by atoms with van der Waals surface area (Å²) in [4.78, 5) is -0.453. The molecule has 9 heteroatoms. The Hall–Kier alpha value is -1.21. The third kappa shape index (κ3) is 3.35. The molecule has 0 saturated carbocycles. The van der Waals surface area contributed by atoms with Gasteiger partial charge in [0.25, 0.3) is 10.0 Å². The van der Waals surface area contributed by atoms with Gasteiger partial charge in [0.1, 0.15) is 4.90 Å². The van der Waals surface area contributed by atoms with E-state index in [1.807, 2.05) is 0 Å². The van der Waals surface area contributed by atoms with E-state index in [0.29, 0.717) is 0 Å². The second kappa shape index (κ2) is 5.88. The van der Waals surface area contributed by atoms with Crippen molar-refractivity contribution < 1.29 is 12.8 Å². The summed E-state index contributed by atoms with van der Waals surface area (Å²) in [6, 6.07) is 6.46. The van der Waals surface area contributed by atoms with Gasteiger partial charge in [0.2, 0.25) is 0 Å². The van der Waals surface area contributed by atoms with Gasteiger partial charge in [0.05, 0.1) is 21.4 Å². The number of anilines is 2. The van der Waals surface area contributed by atoms with Crippen molar-refractivity contribution >= 4 is 56.2 Å². The lowest BCUT2D eigenvalue weighted by Gasteiger charge is -2.12. The van der Waals surface area contributed by atoms with Crippen LogP contribution >= 0.6 is 34.8 Å². The number of halogens is 4. The minimum Gasteiger partial charge on any atom is -0.397 e. The molecule has 3 N–H and O–H groups in total. The Morgan fingerprint density at radius 2 is 1.76 bits per heavy atom. The highest BCUT2D eigenvalue weighted by molar-refractivity contribution is 7.92. The quantitative estimate of drug-likeness (QED) is 0.630. The van der Waals surface area contributed by atoms with Crippen molar-refractivity contribution in [3.63, 3.8) is 0 Å². The van der Waals surface area contributed by atoms with E-state index >= 15 is 0 Å². The van der Waals surface area contributed by atoms with Crippen LogP contribution < -0.4 is 10.5 Å². The lowest BCUT2D eigenvalue weighted by molar-refractivity contribution is 0.595. The normalized spacial score (nSPS) is 11.4. The van der Waals surface area contributed by atoms with Gasteiger partial charge in [-0.2, -0.15) is 0 Å². The zero-order valence-electron chi connectivity index (χ0n) is 10.2.